The second kappa shape index (κ2) is 11.1. The third-order valence-corrected chi connectivity index (χ3v) is 4.57. The predicted octanol–water partition coefficient (Wildman–Crippen LogP) is 2.90. The Hall–Kier alpha value is -1.50. The largest absolute Gasteiger partial charge is 0.381 e. The van der Waals surface area contributed by atoms with E-state index < -0.39 is 11.6 Å². The molecule has 7 heteroatoms. The molecule has 1 aliphatic heterocycles. The van der Waals surface area contributed by atoms with E-state index in [2.05, 4.69) is 28.0 Å². The quantitative estimate of drug-likeness (QED) is 0.535. The van der Waals surface area contributed by atoms with Gasteiger partial charge in [0.2, 0.25) is 5.91 Å². The highest BCUT2D eigenvalue weighted by Gasteiger charge is 2.44. The molecule has 7 nitrogen and oxygen atoms in total. The highest BCUT2D eigenvalue weighted by molar-refractivity contribution is 5.89. The lowest BCUT2D eigenvalue weighted by atomic mass is 9.84. The zero-order valence-corrected chi connectivity index (χ0v) is 15.3. The lowest BCUT2D eigenvalue weighted by Gasteiger charge is -2.36. The minimum absolute atomic E-state index is 0.145. The molecule has 2 amide bonds. The molecular formula is C17H32N4O3. The Balaban J connectivity index is 2.30. The van der Waals surface area contributed by atoms with Crippen molar-refractivity contribution in [1.82, 2.24) is 10.7 Å². The van der Waals surface area contributed by atoms with E-state index in [1.807, 2.05) is 13.8 Å². The Morgan fingerprint density at radius 2 is 1.88 bits per heavy atom. The minimum Gasteiger partial charge on any atom is -0.381 e. The number of ether oxygens (including phenoxy) is 1. The van der Waals surface area contributed by atoms with Gasteiger partial charge < -0.3 is 10.1 Å². The van der Waals surface area contributed by atoms with Crippen LogP contribution in [-0.2, 0) is 14.3 Å². The molecule has 0 saturated heterocycles. The zero-order chi connectivity index (χ0) is 17.8. The van der Waals surface area contributed by atoms with Gasteiger partial charge in [-0.2, -0.15) is 5.11 Å². The van der Waals surface area contributed by atoms with Crippen LogP contribution in [0.15, 0.2) is 10.3 Å². The van der Waals surface area contributed by atoms with Crippen molar-refractivity contribution in [2.75, 3.05) is 13.2 Å². The standard InChI is InChI=1S/C17H32N4O3/c1-4-7-8-9-12-24-13-10-11-14(22)18-15-16(23)19-21-20-17(15,5-2)6-3/h15H,4-13H2,1-3H3,(H,18,22)(H,19,20,23). The molecule has 1 heterocycles. The summed E-state index contributed by atoms with van der Waals surface area (Å²) in [6.45, 7) is 7.41. The van der Waals surface area contributed by atoms with E-state index in [9.17, 15) is 9.59 Å². The summed E-state index contributed by atoms with van der Waals surface area (Å²) in [7, 11) is 0. The maximum Gasteiger partial charge on any atom is 0.266 e. The fourth-order valence-electron chi connectivity index (χ4n) is 2.84. The van der Waals surface area contributed by atoms with Gasteiger partial charge in [0, 0.05) is 19.6 Å². The normalized spacial score (nSPS) is 19.1. The van der Waals surface area contributed by atoms with Crippen LogP contribution in [0.4, 0.5) is 0 Å². The second-order valence-corrected chi connectivity index (χ2v) is 6.26. The Labute approximate surface area is 145 Å². The minimum atomic E-state index is -0.660. The van der Waals surface area contributed by atoms with Crippen molar-refractivity contribution in [3.8, 4) is 0 Å². The molecule has 0 saturated carbocycles. The van der Waals surface area contributed by atoms with Crippen molar-refractivity contribution in [3.63, 3.8) is 0 Å². The maximum atomic E-state index is 12.1. The number of hydrogen-bond acceptors (Lipinski definition) is 5. The number of nitrogens with zero attached hydrogens (tertiary/aromatic N) is 2. The topological polar surface area (TPSA) is 92.1 Å². The first-order valence-electron chi connectivity index (χ1n) is 9.18. The summed E-state index contributed by atoms with van der Waals surface area (Å²) in [6.07, 6.45) is 7.01. The van der Waals surface area contributed by atoms with Crippen LogP contribution in [-0.4, -0.2) is 36.6 Å². The molecule has 1 unspecified atom stereocenters. The van der Waals surface area contributed by atoms with Gasteiger partial charge in [-0.25, -0.2) is 5.43 Å². The first-order chi connectivity index (χ1) is 11.6. The van der Waals surface area contributed by atoms with Gasteiger partial charge in [0.1, 0.15) is 11.6 Å². The first-order valence-corrected chi connectivity index (χ1v) is 9.18. The van der Waals surface area contributed by atoms with Crippen LogP contribution in [0.5, 0.6) is 0 Å². The molecule has 2 N–H and O–H groups in total. The van der Waals surface area contributed by atoms with Crippen LogP contribution in [0, 0.1) is 0 Å². The van der Waals surface area contributed by atoms with E-state index in [0.29, 0.717) is 32.3 Å². The average molecular weight is 340 g/mol. The fraction of sp³-hybridized carbons (Fsp3) is 0.882. The van der Waals surface area contributed by atoms with Crippen LogP contribution in [0.3, 0.4) is 0 Å². The van der Waals surface area contributed by atoms with Crippen molar-refractivity contribution in [1.29, 1.82) is 0 Å². The molecule has 0 radical (unpaired) electrons. The molecule has 0 aromatic carbocycles. The SMILES string of the molecule is CCCCCCOCCCC(=O)NC1C(=O)NN=NC1(CC)CC. The summed E-state index contributed by atoms with van der Waals surface area (Å²) in [5.74, 6) is -0.442. The molecule has 0 aromatic rings. The van der Waals surface area contributed by atoms with E-state index in [0.717, 1.165) is 13.0 Å². The Morgan fingerprint density at radius 3 is 2.54 bits per heavy atom. The van der Waals surface area contributed by atoms with E-state index >= 15 is 0 Å². The molecule has 1 rings (SSSR count). The second-order valence-electron chi connectivity index (χ2n) is 6.26. The molecule has 0 spiro atoms. The van der Waals surface area contributed by atoms with E-state index in [1.54, 1.807) is 0 Å². The molecule has 1 aliphatic rings. The lowest BCUT2D eigenvalue weighted by Crippen LogP contribution is -2.60. The van der Waals surface area contributed by atoms with Crippen LogP contribution in [0.1, 0.15) is 72.1 Å². The maximum absolute atomic E-state index is 12.1. The van der Waals surface area contributed by atoms with Gasteiger partial charge in [0.15, 0.2) is 0 Å². The fourth-order valence-corrected chi connectivity index (χ4v) is 2.84. The van der Waals surface area contributed by atoms with Crippen LogP contribution >= 0.6 is 0 Å². The van der Waals surface area contributed by atoms with E-state index in [1.165, 1.54) is 19.3 Å². The molecule has 0 aromatic heterocycles. The smallest absolute Gasteiger partial charge is 0.266 e. The van der Waals surface area contributed by atoms with Crippen molar-refractivity contribution < 1.29 is 14.3 Å². The van der Waals surface area contributed by atoms with Gasteiger partial charge in [-0.1, -0.05) is 45.3 Å². The molecule has 138 valence electrons. The Morgan fingerprint density at radius 1 is 1.17 bits per heavy atom. The summed E-state index contributed by atoms with van der Waals surface area (Å²) in [5, 5.41) is 10.7. The predicted molar refractivity (Wildman–Crippen MR) is 92.4 cm³/mol. The van der Waals surface area contributed by atoms with Crippen molar-refractivity contribution in [2.45, 2.75) is 83.7 Å². The lowest BCUT2D eigenvalue weighted by molar-refractivity contribution is -0.132. The van der Waals surface area contributed by atoms with Crippen molar-refractivity contribution in [3.05, 3.63) is 0 Å². The number of carbonyl (C=O) groups excluding carboxylic acids is 2. The molecule has 0 aliphatic carbocycles. The number of carbonyl (C=O) groups is 2. The van der Waals surface area contributed by atoms with E-state index in [4.69, 9.17) is 4.74 Å². The number of rotatable bonds is 12. The zero-order valence-electron chi connectivity index (χ0n) is 15.3. The van der Waals surface area contributed by atoms with E-state index in [-0.39, 0.29) is 11.8 Å². The van der Waals surface area contributed by atoms with Crippen molar-refractivity contribution in [2.24, 2.45) is 10.3 Å². The molecule has 24 heavy (non-hydrogen) atoms. The molecule has 1 atom stereocenters. The van der Waals surface area contributed by atoms with Gasteiger partial charge in [0.25, 0.3) is 5.91 Å². The number of amides is 2. The molecular weight excluding hydrogens is 308 g/mol. The third kappa shape index (κ3) is 6.19. The Kier molecular flexibility index (Phi) is 9.52. The summed E-state index contributed by atoms with van der Waals surface area (Å²) in [4.78, 5) is 24.2. The van der Waals surface area contributed by atoms with Crippen molar-refractivity contribution >= 4 is 11.8 Å². The summed E-state index contributed by atoms with van der Waals surface area (Å²) in [6, 6.07) is -0.660. The summed E-state index contributed by atoms with van der Waals surface area (Å²) >= 11 is 0. The summed E-state index contributed by atoms with van der Waals surface area (Å²) < 4.78 is 5.53. The van der Waals surface area contributed by atoms with Crippen LogP contribution < -0.4 is 10.7 Å². The van der Waals surface area contributed by atoms with Gasteiger partial charge in [-0.3, -0.25) is 9.59 Å². The average Bonchev–Trinajstić information content (AvgIpc) is 2.59. The van der Waals surface area contributed by atoms with Gasteiger partial charge in [0.05, 0.1) is 0 Å². The number of unbranched alkanes of at least 4 members (excludes halogenated alkanes) is 3. The van der Waals surface area contributed by atoms with Gasteiger partial charge in [-0.05, 0) is 25.7 Å². The highest BCUT2D eigenvalue weighted by Crippen LogP contribution is 2.28. The van der Waals surface area contributed by atoms with Gasteiger partial charge >= 0.3 is 0 Å². The third-order valence-electron chi connectivity index (χ3n) is 4.57. The van der Waals surface area contributed by atoms with Crippen LogP contribution in [0.2, 0.25) is 0 Å². The highest BCUT2D eigenvalue weighted by atomic mass is 16.5. The Bertz CT molecular complexity index is 422. The number of nitrogens with one attached hydrogen (secondary N) is 2. The number of hydrogen-bond donors (Lipinski definition) is 2. The van der Waals surface area contributed by atoms with Crippen LogP contribution in [0.25, 0.3) is 0 Å². The molecule has 0 fully saturated rings. The first kappa shape index (κ1) is 20.5. The summed E-state index contributed by atoms with van der Waals surface area (Å²) in [5.41, 5.74) is 1.70. The monoisotopic (exact) mass is 340 g/mol. The molecule has 0 bridgehead atoms. The van der Waals surface area contributed by atoms with Gasteiger partial charge in [-0.15, -0.1) is 0 Å².